The smallest absolute Gasteiger partial charge is 0.330 e. The Morgan fingerprint density at radius 3 is 2.26 bits per heavy atom. The Balaban J connectivity index is 2.83. The zero-order valence-corrected chi connectivity index (χ0v) is 19.8. The monoisotopic (exact) mass is 456 g/mol. The van der Waals surface area contributed by atoms with E-state index in [0.717, 1.165) is 16.8 Å². The topological polar surface area (TPSA) is 159 Å². The van der Waals surface area contributed by atoms with E-state index in [1.165, 1.54) is 6.92 Å². The lowest BCUT2D eigenvalue weighted by Crippen LogP contribution is -2.76. The molecule has 31 heavy (non-hydrogen) atoms. The summed E-state index contributed by atoms with van der Waals surface area (Å²) < 4.78 is 6.60. The lowest BCUT2D eigenvalue weighted by molar-refractivity contribution is -0.166. The molecule has 4 atom stereocenters. The van der Waals surface area contributed by atoms with E-state index >= 15 is 0 Å². The SMILES string of the molecule is CC(=O)CCC(=O)[C@]1(O)[C@H](n2ccc(=O)[nH]c2=O)O[C@H](CO)[C@]1(O)[Si](C)(C)C(C)(C)C. The van der Waals surface area contributed by atoms with Gasteiger partial charge in [-0.1, -0.05) is 33.9 Å². The summed E-state index contributed by atoms with van der Waals surface area (Å²) in [6, 6.07) is 1.02. The largest absolute Gasteiger partial charge is 0.394 e. The van der Waals surface area contributed by atoms with Gasteiger partial charge in [-0.15, -0.1) is 0 Å². The van der Waals surface area contributed by atoms with Crippen LogP contribution in [0.2, 0.25) is 18.1 Å². The maximum atomic E-state index is 13.4. The fourth-order valence-electron chi connectivity index (χ4n) is 4.12. The number of hydrogen-bond acceptors (Lipinski definition) is 8. The van der Waals surface area contributed by atoms with Crippen LogP contribution in [0.1, 0.15) is 46.8 Å². The summed E-state index contributed by atoms with van der Waals surface area (Å²) in [6.45, 7) is 9.66. The zero-order valence-electron chi connectivity index (χ0n) is 18.8. The van der Waals surface area contributed by atoms with E-state index in [1.807, 2.05) is 25.8 Å². The van der Waals surface area contributed by atoms with Crippen LogP contribution in [0.15, 0.2) is 21.9 Å². The summed E-state index contributed by atoms with van der Waals surface area (Å²) in [4.78, 5) is 50.9. The van der Waals surface area contributed by atoms with Crippen molar-refractivity contribution in [3.8, 4) is 0 Å². The second kappa shape index (κ2) is 8.21. The number of H-pyrrole nitrogens is 1. The van der Waals surface area contributed by atoms with Crippen LogP contribution in [0.25, 0.3) is 0 Å². The molecule has 0 unspecified atom stereocenters. The van der Waals surface area contributed by atoms with E-state index in [9.17, 15) is 34.5 Å². The van der Waals surface area contributed by atoms with Gasteiger partial charge in [-0.05, 0) is 12.0 Å². The molecule has 2 heterocycles. The molecular formula is C20H32N2O8Si. The Kier molecular flexibility index (Phi) is 6.71. The predicted molar refractivity (Wildman–Crippen MR) is 114 cm³/mol. The molecule has 1 aromatic heterocycles. The molecule has 1 fully saturated rings. The first-order chi connectivity index (χ1) is 14.1. The maximum Gasteiger partial charge on any atom is 0.330 e. The Morgan fingerprint density at radius 1 is 1.23 bits per heavy atom. The lowest BCUT2D eigenvalue weighted by Gasteiger charge is -2.53. The molecule has 4 N–H and O–H groups in total. The van der Waals surface area contributed by atoms with Crippen LogP contribution in [0, 0.1) is 0 Å². The van der Waals surface area contributed by atoms with Gasteiger partial charge in [0, 0.05) is 25.1 Å². The van der Waals surface area contributed by atoms with Gasteiger partial charge >= 0.3 is 5.69 Å². The summed E-state index contributed by atoms with van der Waals surface area (Å²) in [7, 11) is -3.11. The first-order valence-electron chi connectivity index (χ1n) is 10.1. The summed E-state index contributed by atoms with van der Waals surface area (Å²) in [6.07, 6.45) is -2.61. The minimum Gasteiger partial charge on any atom is -0.394 e. The number of rotatable bonds is 7. The van der Waals surface area contributed by atoms with E-state index in [2.05, 4.69) is 0 Å². The van der Waals surface area contributed by atoms with Crippen molar-refractivity contribution >= 4 is 19.6 Å². The standard InChI is InChI=1S/C20H32N2O8Si/c1-12(24)7-8-13(25)19(28)16(22-10-9-15(26)21-17(22)27)30-14(11-23)20(19,29)31(5,6)18(2,3)4/h9-10,14,16,23,28-29H,7-8,11H2,1-6H3,(H,21,26,27)/t14-,16-,19+,20+/m1/s1. The number of nitrogens with zero attached hydrogens (tertiary/aromatic N) is 1. The fourth-order valence-corrected chi connectivity index (χ4v) is 7.44. The molecule has 0 saturated carbocycles. The van der Waals surface area contributed by atoms with Gasteiger partial charge in [0.05, 0.1) is 14.7 Å². The third kappa shape index (κ3) is 3.78. The van der Waals surface area contributed by atoms with Crippen LogP contribution in [0.4, 0.5) is 0 Å². The van der Waals surface area contributed by atoms with E-state index < -0.39 is 66.3 Å². The van der Waals surface area contributed by atoms with E-state index in [1.54, 1.807) is 13.1 Å². The van der Waals surface area contributed by atoms with Crippen molar-refractivity contribution in [2.24, 2.45) is 0 Å². The van der Waals surface area contributed by atoms with Gasteiger partial charge in [0.1, 0.15) is 17.1 Å². The van der Waals surface area contributed by atoms with Crippen LogP contribution < -0.4 is 11.2 Å². The number of ether oxygens (including phenoxy) is 1. The number of nitrogens with one attached hydrogen (secondary N) is 1. The lowest BCUT2D eigenvalue weighted by atomic mass is 9.85. The Bertz CT molecular complexity index is 978. The predicted octanol–water partition coefficient (Wildman–Crippen LogP) is -0.125. The van der Waals surface area contributed by atoms with Gasteiger partial charge in [-0.2, -0.15) is 0 Å². The second-order valence-corrected chi connectivity index (χ2v) is 15.2. The molecule has 174 valence electrons. The highest BCUT2D eigenvalue weighted by molar-refractivity contribution is 6.83. The van der Waals surface area contributed by atoms with E-state index in [4.69, 9.17) is 4.74 Å². The number of carbonyl (C=O) groups excluding carboxylic acids is 2. The van der Waals surface area contributed by atoms with E-state index in [0.29, 0.717) is 0 Å². The number of aromatic nitrogens is 2. The fraction of sp³-hybridized carbons (Fsp3) is 0.700. The normalized spacial score (nSPS) is 29.2. The number of aliphatic hydroxyl groups excluding tert-OH is 1. The van der Waals surface area contributed by atoms with Crippen LogP contribution in [0.3, 0.4) is 0 Å². The van der Waals surface area contributed by atoms with Gasteiger partial charge in [0.15, 0.2) is 17.6 Å². The number of Topliss-reactive ketones (excluding diaryl/α,β-unsaturated/α-hetero) is 2. The highest BCUT2D eigenvalue weighted by atomic mass is 28.3. The van der Waals surface area contributed by atoms with Crippen molar-refractivity contribution in [1.82, 2.24) is 9.55 Å². The Labute approximate surface area is 180 Å². The first kappa shape index (κ1) is 25.3. The van der Waals surface area contributed by atoms with Crippen molar-refractivity contribution in [3.05, 3.63) is 33.1 Å². The van der Waals surface area contributed by atoms with Crippen molar-refractivity contribution < 1.29 is 29.6 Å². The van der Waals surface area contributed by atoms with Gasteiger partial charge in [-0.3, -0.25) is 19.1 Å². The second-order valence-electron chi connectivity index (χ2n) is 9.71. The number of aliphatic hydroxyl groups is 3. The van der Waals surface area contributed by atoms with Gasteiger partial charge < -0.3 is 24.9 Å². The van der Waals surface area contributed by atoms with Gasteiger partial charge in [-0.25, -0.2) is 4.79 Å². The Hall–Kier alpha value is -1.92. The molecule has 0 aromatic carbocycles. The molecule has 0 bridgehead atoms. The third-order valence-corrected chi connectivity index (χ3v) is 13.3. The zero-order chi connectivity index (χ0) is 24.0. The van der Waals surface area contributed by atoms with Crippen molar-refractivity contribution in [1.29, 1.82) is 0 Å². The Morgan fingerprint density at radius 2 is 1.81 bits per heavy atom. The molecule has 0 aliphatic carbocycles. The van der Waals surface area contributed by atoms with E-state index in [-0.39, 0.29) is 12.2 Å². The molecule has 0 spiro atoms. The molecule has 10 nitrogen and oxygen atoms in total. The summed E-state index contributed by atoms with van der Waals surface area (Å²) >= 11 is 0. The molecule has 1 aliphatic heterocycles. The molecule has 0 radical (unpaired) electrons. The molecular weight excluding hydrogens is 424 g/mol. The minimum absolute atomic E-state index is 0.175. The van der Waals surface area contributed by atoms with Gasteiger partial charge in [0.2, 0.25) is 0 Å². The first-order valence-corrected chi connectivity index (χ1v) is 13.1. The molecule has 1 aliphatic rings. The van der Waals surface area contributed by atoms with Crippen LogP contribution in [-0.4, -0.2) is 68.0 Å². The summed E-state index contributed by atoms with van der Waals surface area (Å²) in [5.41, 5.74) is -4.29. The quantitative estimate of drug-likeness (QED) is 0.413. The van der Waals surface area contributed by atoms with Crippen molar-refractivity contribution in [2.45, 2.75) is 81.8 Å². The van der Waals surface area contributed by atoms with Crippen LogP contribution in [-0.2, 0) is 14.3 Å². The summed E-state index contributed by atoms with van der Waals surface area (Å²) in [5, 5.41) is 31.3. The van der Waals surface area contributed by atoms with Crippen molar-refractivity contribution in [3.63, 3.8) is 0 Å². The number of hydrogen-bond donors (Lipinski definition) is 4. The molecule has 11 heteroatoms. The van der Waals surface area contributed by atoms with Crippen LogP contribution >= 0.6 is 0 Å². The molecule has 2 rings (SSSR count). The van der Waals surface area contributed by atoms with Gasteiger partial charge in [0.25, 0.3) is 5.56 Å². The molecule has 0 amide bonds. The minimum atomic E-state index is -3.11. The maximum absolute atomic E-state index is 13.4. The number of carbonyl (C=O) groups is 2. The molecule has 1 saturated heterocycles. The highest BCUT2D eigenvalue weighted by Crippen LogP contribution is 2.56. The van der Waals surface area contributed by atoms with Crippen LogP contribution in [0.5, 0.6) is 0 Å². The average Bonchev–Trinajstić information content (AvgIpc) is 2.88. The molecule has 1 aromatic rings. The van der Waals surface area contributed by atoms with Crippen molar-refractivity contribution in [2.75, 3.05) is 6.61 Å². The highest BCUT2D eigenvalue weighted by Gasteiger charge is 2.76. The number of aromatic amines is 1. The number of ketones is 2. The third-order valence-electron chi connectivity index (χ3n) is 6.92. The average molecular weight is 457 g/mol. The summed E-state index contributed by atoms with van der Waals surface area (Å²) in [5.74, 6) is -1.17.